The van der Waals surface area contributed by atoms with Crippen molar-refractivity contribution < 1.29 is 4.79 Å². The normalized spacial score (nSPS) is 20.7. The molecule has 4 nitrogen and oxygen atoms in total. The van der Waals surface area contributed by atoms with Gasteiger partial charge < -0.3 is 11.1 Å². The first-order chi connectivity index (χ1) is 8.18. The molecule has 0 bridgehead atoms. The van der Waals surface area contributed by atoms with Gasteiger partial charge in [-0.2, -0.15) is 0 Å². The van der Waals surface area contributed by atoms with Gasteiger partial charge in [0, 0.05) is 19.1 Å². The lowest BCUT2D eigenvalue weighted by atomic mass is 9.98. The predicted octanol–water partition coefficient (Wildman–Crippen LogP) is 0.507. The highest BCUT2D eigenvalue weighted by molar-refractivity contribution is 5.78. The summed E-state index contributed by atoms with van der Waals surface area (Å²) in [6, 6.07) is 10.3. The van der Waals surface area contributed by atoms with E-state index in [0.717, 1.165) is 6.54 Å². The Labute approximate surface area is 102 Å². The molecule has 1 aromatic carbocycles. The maximum Gasteiger partial charge on any atom is 0.234 e. The molecule has 2 atom stereocenters. The topological polar surface area (TPSA) is 58.4 Å². The number of nitrogens with two attached hydrogens (primary N) is 1. The highest BCUT2D eigenvalue weighted by atomic mass is 16.2. The lowest BCUT2D eigenvalue weighted by molar-refractivity contribution is -0.125. The molecule has 0 aliphatic carbocycles. The zero-order valence-corrected chi connectivity index (χ0v) is 10.1. The van der Waals surface area contributed by atoms with E-state index in [1.165, 1.54) is 5.56 Å². The largest absolute Gasteiger partial charge is 0.354 e. The summed E-state index contributed by atoms with van der Waals surface area (Å²) in [5.74, 6) is 0.0813. The summed E-state index contributed by atoms with van der Waals surface area (Å²) in [6.45, 7) is 3.98. The summed E-state index contributed by atoms with van der Waals surface area (Å²) < 4.78 is 0. The Bertz CT molecular complexity index is 378. The molecule has 1 amide bonds. The number of rotatable bonds is 3. The molecule has 3 N–H and O–H groups in total. The first kappa shape index (κ1) is 12.1. The fourth-order valence-electron chi connectivity index (χ4n) is 2.39. The Morgan fingerprint density at radius 2 is 2.06 bits per heavy atom. The molecule has 1 aliphatic heterocycles. The molecule has 92 valence electrons. The molecule has 0 spiro atoms. The van der Waals surface area contributed by atoms with Crippen molar-refractivity contribution in [1.29, 1.82) is 0 Å². The molecular weight excluding hydrogens is 214 g/mol. The number of piperazine rings is 1. The van der Waals surface area contributed by atoms with Crippen LogP contribution in [-0.4, -0.2) is 36.5 Å². The Balaban J connectivity index is 2.20. The number of carbonyl (C=O) groups excluding carboxylic acids is 1. The summed E-state index contributed by atoms with van der Waals surface area (Å²) >= 11 is 0. The lowest BCUT2D eigenvalue weighted by Gasteiger charge is -2.36. The van der Waals surface area contributed by atoms with Gasteiger partial charge in [0.1, 0.15) is 0 Å². The minimum Gasteiger partial charge on any atom is -0.354 e. The monoisotopic (exact) mass is 233 g/mol. The number of hydrogen-bond donors (Lipinski definition) is 2. The van der Waals surface area contributed by atoms with Gasteiger partial charge >= 0.3 is 0 Å². The Morgan fingerprint density at radius 3 is 2.65 bits per heavy atom. The number of amides is 1. The van der Waals surface area contributed by atoms with Crippen LogP contribution in [0.5, 0.6) is 0 Å². The van der Waals surface area contributed by atoms with Crippen molar-refractivity contribution >= 4 is 5.91 Å². The van der Waals surface area contributed by atoms with Gasteiger partial charge in [-0.3, -0.25) is 9.69 Å². The fourth-order valence-corrected chi connectivity index (χ4v) is 2.39. The molecule has 1 aliphatic rings. The summed E-state index contributed by atoms with van der Waals surface area (Å²) in [5, 5.41) is 2.84. The standard InChI is InChI=1S/C13H19N3O/c1-10(14)13(11-5-3-2-4-6-11)16-8-7-15-12(17)9-16/h2-6,10,13H,7-9,14H2,1H3,(H,15,17). The van der Waals surface area contributed by atoms with E-state index in [2.05, 4.69) is 22.3 Å². The molecule has 0 radical (unpaired) electrons. The van der Waals surface area contributed by atoms with Crippen LogP contribution in [0.15, 0.2) is 30.3 Å². The first-order valence-corrected chi connectivity index (χ1v) is 6.00. The van der Waals surface area contributed by atoms with Crippen molar-refractivity contribution in [1.82, 2.24) is 10.2 Å². The van der Waals surface area contributed by atoms with Crippen molar-refractivity contribution in [2.24, 2.45) is 5.73 Å². The first-order valence-electron chi connectivity index (χ1n) is 6.00. The Morgan fingerprint density at radius 1 is 1.35 bits per heavy atom. The fraction of sp³-hybridized carbons (Fsp3) is 0.462. The molecular formula is C13H19N3O. The number of hydrogen-bond acceptors (Lipinski definition) is 3. The summed E-state index contributed by atoms with van der Waals surface area (Å²) in [7, 11) is 0. The maximum absolute atomic E-state index is 11.4. The van der Waals surface area contributed by atoms with Gasteiger partial charge in [-0.15, -0.1) is 0 Å². The molecule has 4 heteroatoms. The summed E-state index contributed by atoms with van der Waals surface area (Å²) in [6.07, 6.45) is 0. The van der Waals surface area contributed by atoms with Crippen LogP contribution in [0.3, 0.4) is 0 Å². The number of carbonyl (C=O) groups is 1. The van der Waals surface area contributed by atoms with Crippen LogP contribution in [0, 0.1) is 0 Å². The Hall–Kier alpha value is -1.39. The third-order valence-corrected chi connectivity index (χ3v) is 3.10. The van der Waals surface area contributed by atoms with Crippen LogP contribution in [0.1, 0.15) is 18.5 Å². The van der Waals surface area contributed by atoms with Crippen LogP contribution in [0.4, 0.5) is 0 Å². The van der Waals surface area contributed by atoms with Gasteiger partial charge in [-0.25, -0.2) is 0 Å². The number of nitrogens with zero attached hydrogens (tertiary/aromatic N) is 1. The van der Waals surface area contributed by atoms with E-state index in [0.29, 0.717) is 13.1 Å². The number of benzene rings is 1. The van der Waals surface area contributed by atoms with Crippen molar-refractivity contribution in [3.05, 3.63) is 35.9 Å². The lowest BCUT2D eigenvalue weighted by Crippen LogP contribution is -2.52. The van der Waals surface area contributed by atoms with Crippen LogP contribution in [0.2, 0.25) is 0 Å². The molecule has 1 heterocycles. The maximum atomic E-state index is 11.4. The van der Waals surface area contributed by atoms with Gasteiger partial charge in [0.05, 0.1) is 12.6 Å². The predicted molar refractivity (Wildman–Crippen MR) is 67.4 cm³/mol. The second-order valence-electron chi connectivity index (χ2n) is 4.54. The van der Waals surface area contributed by atoms with Crippen molar-refractivity contribution in [2.45, 2.75) is 19.0 Å². The highest BCUT2D eigenvalue weighted by Crippen LogP contribution is 2.23. The van der Waals surface area contributed by atoms with Crippen LogP contribution < -0.4 is 11.1 Å². The van der Waals surface area contributed by atoms with Crippen LogP contribution in [0.25, 0.3) is 0 Å². The smallest absolute Gasteiger partial charge is 0.234 e. The van der Waals surface area contributed by atoms with E-state index in [1.807, 2.05) is 25.1 Å². The zero-order valence-electron chi connectivity index (χ0n) is 10.1. The molecule has 17 heavy (non-hydrogen) atoms. The molecule has 1 saturated heterocycles. The van der Waals surface area contributed by atoms with Crippen LogP contribution >= 0.6 is 0 Å². The molecule has 2 unspecified atom stereocenters. The average Bonchev–Trinajstić information content (AvgIpc) is 2.30. The van der Waals surface area contributed by atoms with Gasteiger partial charge in [-0.1, -0.05) is 30.3 Å². The number of nitrogens with one attached hydrogen (secondary N) is 1. The van der Waals surface area contributed by atoms with Crippen LogP contribution in [-0.2, 0) is 4.79 Å². The van der Waals surface area contributed by atoms with E-state index in [4.69, 9.17) is 5.73 Å². The van der Waals surface area contributed by atoms with Gasteiger partial charge in [0.2, 0.25) is 5.91 Å². The van der Waals surface area contributed by atoms with E-state index in [1.54, 1.807) is 0 Å². The van der Waals surface area contributed by atoms with Crippen molar-refractivity contribution in [3.8, 4) is 0 Å². The molecule has 0 aromatic heterocycles. The minimum atomic E-state index is 0.00306. The quantitative estimate of drug-likeness (QED) is 0.799. The Kier molecular flexibility index (Phi) is 3.76. The van der Waals surface area contributed by atoms with Crippen molar-refractivity contribution in [2.75, 3.05) is 19.6 Å². The van der Waals surface area contributed by atoms with Gasteiger partial charge in [0.25, 0.3) is 0 Å². The van der Waals surface area contributed by atoms with Gasteiger partial charge in [0.15, 0.2) is 0 Å². The second-order valence-corrected chi connectivity index (χ2v) is 4.54. The van der Waals surface area contributed by atoms with E-state index in [9.17, 15) is 4.79 Å². The van der Waals surface area contributed by atoms with E-state index in [-0.39, 0.29) is 18.0 Å². The SMILES string of the molecule is CC(N)C(c1ccccc1)N1CCNC(=O)C1. The zero-order chi connectivity index (χ0) is 12.3. The van der Waals surface area contributed by atoms with Crippen molar-refractivity contribution in [3.63, 3.8) is 0 Å². The third-order valence-electron chi connectivity index (χ3n) is 3.10. The molecule has 2 rings (SSSR count). The van der Waals surface area contributed by atoms with Gasteiger partial charge in [-0.05, 0) is 12.5 Å². The minimum absolute atomic E-state index is 0.00306. The summed E-state index contributed by atoms with van der Waals surface area (Å²) in [4.78, 5) is 13.6. The molecule has 1 fully saturated rings. The molecule has 0 saturated carbocycles. The van der Waals surface area contributed by atoms with E-state index < -0.39 is 0 Å². The molecule has 1 aromatic rings. The average molecular weight is 233 g/mol. The van der Waals surface area contributed by atoms with E-state index >= 15 is 0 Å². The highest BCUT2D eigenvalue weighted by Gasteiger charge is 2.27. The summed E-state index contributed by atoms with van der Waals surface area (Å²) in [5.41, 5.74) is 7.25. The third kappa shape index (κ3) is 2.84. The second kappa shape index (κ2) is 5.29.